The molecule has 1 aliphatic heterocycles. The van der Waals surface area contributed by atoms with Gasteiger partial charge in [0, 0.05) is 33.8 Å². The number of nitrogens with one attached hydrogen (secondary N) is 1. The number of aromatic nitrogens is 1. The highest BCUT2D eigenvalue weighted by atomic mass is 16.7. The highest BCUT2D eigenvalue weighted by molar-refractivity contribution is 5.74. The fraction of sp³-hybridized carbons (Fsp3) is 0.611. The molecule has 0 radical (unpaired) electrons. The molecule has 0 aliphatic carbocycles. The van der Waals surface area contributed by atoms with Gasteiger partial charge in [0.25, 0.3) is 0 Å². The Bertz CT molecular complexity index is 822. The van der Waals surface area contributed by atoms with Gasteiger partial charge < -0.3 is 33.9 Å². The third-order valence-electron chi connectivity index (χ3n) is 4.18. The highest BCUT2D eigenvalue weighted by Gasteiger charge is 2.60. The Morgan fingerprint density at radius 1 is 1.10 bits per heavy atom. The number of aryl methyl sites for hydroxylation is 1. The van der Waals surface area contributed by atoms with E-state index in [1.54, 1.807) is 6.92 Å². The first-order chi connectivity index (χ1) is 13.9. The van der Waals surface area contributed by atoms with Crippen molar-refractivity contribution in [2.75, 3.05) is 6.61 Å². The molecule has 30 heavy (non-hydrogen) atoms. The summed E-state index contributed by atoms with van der Waals surface area (Å²) < 4.78 is 26.3. The van der Waals surface area contributed by atoms with Crippen LogP contribution in [0.5, 0.6) is 0 Å². The normalized spacial score (nSPS) is 28.3. The molecular formula is C18H24N2O10. The van der Waals surface area contributed by atoms with E-state index in [1.165, 1.54) is 13.0 Å². The highest BCUT2D eigenvalue weighted by Crippen LogP contribution is 2.38. The molecule has 12 heteroatoms. The summed E-state index contributed by atoms with van der Waals surface area (Å²) in [5.41, 5.74) is -0.134. The minimum Gasteiger partial charge on any atom is -0.463 e. The molecule has 12 nitrogen and oxygen atoms in total. The number of rotatable bonds is 6. The van der Waals surface area contributed by atoms with E-state index >= 15 is 0 Å². The van der Waals surface area contributed by atoms with Crippen LogP contribution in [0.25, 0.3) is 0 Å². The number of ether oxygens (including phenoxy) is 4. The summed E-state index contributed by atoms with van der Waals surface area (Å²) in [7, 11) is 0. The van der Waals surface area contributed by atoms with E-state index in [0.717, 1.165) is 20.8 Å². The second-order valence-corrected chi connectivity index (χ2v) is 6.80. The number of hydrogen-bond donors (Lipinski definition) is 2. The topological polar surface area (TPSA) is 163 Å². The van der Waals surface area contributed by atoms with Gasteiger partial charge in [0.05, 0.1) is 0 Å². The lowest BCUT2D eigenvalue weighted by atomic mass is 9.87. The van der Waals surface area contributed by atoms with Crippen molar-refractivity contribution in [1.82, 2.24) is 10.5 Å². The van der Waals surface area contributed by atoms with Crippen LogP contribution >= 0.6 is 0 Å². The number of amides is 1. The van der Waals surface area contributed by atoms with Gasteiger partial charge in [-0.2, -0.15) is 0 Å². The molecule has 0 saturated carbocycles. The number of carbonyl (C=O) groups excluding carboxylic acids is 4. The van der Waals surface area contributed by atoms with Gasteiger partial charge >= 0.3 is 17.9 Å². The predicted molar refractivity (Wildman–Crippen MR) is 95.4 cm³/mol. The number of esters is 3. The molecule has 1 amide bonds. The van der Waals surface area contributed by atoms with Crippen LogP contribution in [0, 0.1) is 6.92 Å². The fourth-order valence-electron chi connectivity index (χ4n) is 3.14. The number of aliphatic hydroxyl groups is 1. The Morgan fingerprint density at radius 3 is 2.17 bits per heavy atom. The van der Waals surface area contributed by atoms with Crippen LogP contribution in [0.3, 0.4) is 0 Å². The summed E-state index contributed by atoms with van der Waals surface area (Å²) in [4.78, 5) is 46.6. The van der Waals surface area contributed by atoms with Gasteiger partial charge in [-0.3, -0.25) is 19.2 Å². The van der Waals surface area contributed by atoms with Crippen molar-refractivity contribution < 1.29 is 47.8 Å². The number of carbonyl (C=O) groups is 4. The van der Waals surface area contributed by atoms with E-state index < -0.39 is 60.6 Å². The van der Waals surface area contributed by atoms with E-state index in [-0.39, 0.29) is 5.69 Å². The summed E-state index contributed by atoms with van der Waals surface area (Å²) in [6.07, 6.45) is -4.00. The van der Waals surface area contributed by atoms with E-state index in [1.807, 2.05) is 0 Å². The molecule has 166 valence electrons. The quantitative estimate of drug-likeness (QED) is 0.442. The lowest BCUT2D eigenvalue weighted by Crippen LogP contribution is -2.70. The molecule has 1 fully saturated rings. The van der Waals surface area contributed by atoms with Gasteiger partial charge in [-0.05, 0) is 6.92 Å². The van der Waals surface area contributed by atoms with Crippen LogP contribution < -0.4 is 5.32 Å². The largest absolute Gasteiger partial charge is 0.463 e. The Morgan fingerprint density at radius 2 is 1.70 bits per heavy atom. The number of nitrogens with zero attached hydrogens (tertiary/aromatic N) is 1. The standard InChI is InChI=1S/C18H24N2O10/c1-8-6-14(20-30-8)18(25)17(19-9(2)21)16(28-12(5)24)15(27-11(4)23)13(29-18)7-26-10(3)22/h6,13,15-17,25H,7H2,1-5H3,(H,19,21)/t13-,15-,16+,17-,18?/m1/s1. The molecule has 5 atom stereocenters. The molecule has 0 bridgehead atoms. The van der Waals surface area contributed by atoms with Gasteiger partial charge in [0.15, 0.2) is 12.2 Å². The smallest absolute Gasteiger partial charge is 0.303 e. The minimum absolute atomic E-state index is 0.134. The van der Waals surface area contributed by atoms with Crippen LogP contribution in [0.1, 0.15) is 39.1 Å². The first kappa shape index (κ1) is 23.3. The minimum atomic E-state index is -2.37. The average Bonchev–Trinajstić information content (AvgIpc) is 3.05. The Hall–Kier alpha value is -2.99. The molecule has 1 aromatic rings. The van der Waals surface area contributed by atoms with Crippen molar-refractivity contribution in [3.8, 4) is 0 Å². The Labute approximate surface area is 171 Å². The molecule has 2 N–H and O–H groups in total. The molecule has 1 aliphatic rings. The van der Waals surface area contributed by atoms with Crippen LogP contribution in [0.4, 0.5) is 0 Å². The first-order valence-corrected chi connectivity index (χ1v) is 9.03. The Balaban J connectivity index is 2.59. The van der Waals surface area contributed by atoms with Crippen LogP contribution in [-0.2, 0) is 43.9 Å². The maximum absolute atomic E-state index is 11.9. The maximum atomic E-state index is 11.9. The van der Waals surface area contributed by atoms with E-state index in [2.05, 4.69) is 10.5 Å². The van der Waals surface area contributed by atoms with E-state index in [9.17, 15) is 24.3 Å². The second kappa shape index (κ2) is 9.22. The van der Waals surface area contributed by atoms with Crippen LogP contribution in [0.2, 0.25) is 0 Å². The SMILES string of the molecule is CC(=O)N[C@@H]1[C@@H](OC(C)=O)[C@H](OC(C)=O)[C@@H](COC(C)=O)OC1(O)c1cc(C)on1. The lowest BCUT2D eigenvalue weighted by molar-refractivity contribution is -0.331. The van der Waals surface area contributed by atoms with Crippen molar-refractivity contribution >= 4 is 23.8 Å². The summed E-state index contributed by atoms with van der Waals surface area (Å²) in [5.74, 6) is -4.83. The van der Waals surface area contributed by atoms with E-state index in [4.69, 9.17) is 23.5 Å². The Kier molecular flexibility index (Phi) is 7.16. The summed E-state index contributed by atoms with van der Waals surface area (Å²) >= 11 is 0. The van der Waals surface area contributed by atoms with Crippen molar-refractivity contribution in [3.63, 3.8) is 0 Å². The molecule has 0 aromatic carbocycles. The zero-order valence-corrected chi connectivity index (χ0v) is 17.2. The van der Waals surface area contributed by atoms with E-state index in [0.29, 0.717) is 5.76 Å². The van der Waals surface area contributed by atoms with Crippen molar-refractivity contribution in [2.24, 2.45) is 0 Å². The third kappa shape index (κ3) is 5.33. The zero-order chi connectivity index (χ0) is 22.6. The predicted octanol–water partition coefficient (Wildman–Crippen LogP) is -0.542. The molecule has 0 spiro atoms. The summed E-state index contributed by atoms with van der Waals surface area (Å²) in [6.45, 7) is 5.66. The molecular weight excluding hydrogens is 404 g/mol. The van der Waals surface area contributed by atoms with Gasteiger partial charge in [-0.15, -0.1) is 0 Å². The molecule has 2 rings (SSSR count). The zero-order valence-electron chi connectivity index (χ0n) is 17.2. The summed E-state index contributed by atoms with van der Waals surface area (Å²) in [5, 5.41) is 17.6. The van der Waals surface area contributed by atoms with Gasteiger partial charge in [0.2, 0.25) is 11.7 Å². The first-order valence-electron chi connectivity index (χ1n) is 9.03. The third-order valence-corrected chi connectivity index (χ3v) is 4.18. The fourth-order valence-corrected chi connectivity index (χ4v) is 3.14. The lowest BCUT2D eigenvalue weighted by Gasteiger charge is -2.48. The number of hydrogen-bond acceptors (Lipinski definition) is 11. The van der Waals surface area contributed by atoms with Gasteiger partial charge in [0.1, 0.15) is 30.2 Å². The van der Waals surface area contributed by atoms with Crippen LogP contribution in [0.15, 0.2) is 10.6 Å². The van der Waals surface area contributed by atoms with Crippen molar-refractivity contribution in [3.05, 3.63) is 17.5 Å². The van der Waals surface area contributed by atoms with Crippen LogP contribution in [-0.4, -0.2) is 65.0 Å². The molecule has 2 heterocycles. The monoisotopic (exact) mass is 428 g/mol. The summed E-state index contributed by atoms with van der Waals surface area (Å²) in [6, 6.07) is -0.0874. The molecule has 1 saturated heterocycles. The maximum Gasteiger partial charge on any atom is 0.303 e. The van der Waals surface area contributed by atoms with Gasteiger partial charge in [-0.25, -0.2) is 0 Å². The second-order valence-electron chi connectivity index (χ2n) is 6.80. The van der Waals surface area contributed by atoms with Crippen molar-refractivity contribution in [1.29, 1.82) is 0 Å². The molecule has 1 aromatic heterocycles. The van der Waals surface area contributed by atoms with Crippen molar-refractivity contribution in [2.45, 2.75) is 64.8 Å². The molecule has 1 unspecified atom stereocenters. The average molecular weight is 428 g/mol. The van der Waals surface area contributed by atoms with Gasteiger partial charge in [-0.1, -0.05) is 5.16 Å².